The highest BCUT2D eigenvalue weighted by Gasteiger charge is 2.27. The number of pyridine rings is 1. The summed E-state index contributed by atoms with van der Waals surface area (Å²) in [5.74, 6) is 0.827. The summed E-state index contributed by atoms with van der Waals surface area (Å²) in [6, 6.07) is 4.17. The van der Waals surface area contributed by atoms with Gasteiger partial charge in [-0.2, -0.15) is 0 Å². The summed E-state index contributed by atoms with van der Waals surface area (Å²) in [4.78, 5) is 18.2. The standard InChI is InChI=1S/C16H23N3O2/c20-16(18-13-4-1-2-5-13)19-11-3-6-15(12-19)21-14-7-9-17-10-8-14/h7-10,13,15H,1-6,11-12H2,(H,18,20)/t15-/m0/s1. The molecule has 0 bridgehead atoms. The monoisotopic (exact) mass is 289 g/mol. The van der Waals surface area contributed by atoms with E-state index in [1.54, 1.807) is 12.4 Å². The second kappa shape index (κ2) is 6.78. The van der Waals surface area contributed by atoms with Crippen LogP contribution in [0.1, 0.15) is 38.5 Å². The largest absolute Gasteiger partial charge is 0.488 e. The maximum atomic E-state index is 12.3. The first-order valence-corrected chi connectivity index (χ1v) is 7.93. The molecule has 1 saturated carbocycles. The molecule has 1 aliphatic carbocycles. The Balaban J connectivity index is 1.51. The van der Waals surface area contributed by atoms with E-state index in [0.29, 0.717) is 12.6 Å². The smallest absolute Gasteiger partial charge is 0.317 e. The average Bonchev–Trinajstić information content (AvgIpc) is 3.01. The van der Waals surface area contributed by atoms with Crippen molar-refractivity contribution in [2.45, 2.75) is 50.7 Å². The maximum absolute atomic E-state index is 12.3. The van der Waals surface area contributed by atoms with E-state index in [1.807, 2.05) is 17.0 Å². The summed E-state index contributed by atoms with van der Waals surface area (Å²) in [6.07, 6.45) is 10.2. The highest BCUT2D eigenvalue weighted by Crippen LogP contribution is 2.20. The fourth-order valence-corrected chi connectivity index (χ4v) is 3.16. The Morgan fingerprint density at radius 1 is 1.19 bits per heavy atom. The van der Waals surface area contributed by atoms with E-state index < -0.39 is 0 Å². The molecule has 3 rings (SSSR count). The van der Waals surface area contributed by atoms with Crippen LogP contribution in [-0.4, -0.2) is 41.2 Å². The van der Waals surface area contributed by atoms with Gasteiger partial charge in [0.2, 0.25) is 0 Å². The lowest BCUT2D eigenvalue weighted by Gasteiger charge is -2.33. The molecule has 5 heteroatoms. The van der Waals surface area contributed by atoms with Crippen molar-refractivity contribution in [3.8, 4) is 5.75 Å². The van der Waals surface area contributed by atoms with Gasteiger partial charge in [-0.05, 0) is 37.8 Å². The van der Waals surface area contributed by atoms with Crippen molar-refractivity contribution in [1.82, 2.24) is 15.2 Å². The van der Waals surface area contributed by atoms with E-state index in [-0.39, 0.29) is 12.1 Å². The van der Waals surface area contributed by atoms with Crippen LogP contribution in [-0.2, 0) is 0 Å². The van der Waals surface area contributed by atoms with Gasteiger partial charge in [0, 0.05) is 25.0 Å². The third kappa shape index (κ3) is 3.86. The van der Waals surface area contributed by atoms with E-state index in [4.69, 9.17) is 4.74 Å². The lowest BCUT2D eigenvalue weighted by molar-refractivity contribution is 0.100. The number of rotatable bonds is 3. The third-order valence-corrected chi connectivity index (χ3v) is 4.30. The van der Waals surface area contributed by atoms with Gasteiger partial charge >= 0.3 is 6.03 Å². The topological polar surface area (TPSA) is 54.5 Å². The summed E-state index contributed by atoms with van der Waals surface area (Å²) in [5.41, 5.74) is 0. The van der Waals surface area contributed by atoms with Gasteiger partial charge < -0.3 is 15.0 Å². The van der Waals surface area contributed by atoms with Crippen molar-refractivity contribution < 1.29 is 9.53 Å². The van der Waals surface area contributed by atoms with Crippen molar-refractivity contribution in [2.75, 3.05) is 13.1 Å². The zero-order valence-corrected chi connectivity index (χ0v) is 12.3. The van der Waals surface area contributed by atoms with Crippen LogP contribution < -0.4 is 10.1 Å². The minimum Gasteiger partial charge on any atom is -0.488 e. The lowest BCUT2D eigenvalue weighted by Crippen LogP contribution is -2.50. The molecule has 5 nitrogen and oxygen atoms in total. The second-order valence-corrected chi connectivity index (χ2v) is 5.94. The van der Waals surface area contributed by atoms with Gasteiger partial charge in [0.1, 0.15) is 11.9 Å². The molecule has 21 heavy (non-hydrogen) atoms. The number of hydrogen-bond acceptors (Lipinski definition) is 3. The van der Waals surface area contributed by atoms with E-state index in [1.165, 1.54) is 12.8 Å². The fraction of sp³-hybridized carbons (Fsp3) is 0.625. The number of urea groups is 1. The number of likely N-dealkylation sites (tertiary alicyclic amines) is 1. The van der Waals surface area contributed by atoms with Gasteiger partial charge in [0.15, 0.2) is 0 Å². The van der Waals surface area contributed by atoms with Gasteiger partial charge in [-0.15, -0.1) is 0 Å². The number of carbonyl (C=O) groups is 1. The maximum Gasteiger partial charge on any atom is 0.317 e. The molecule has 0 radical (unpaired) electrons. The first-order chi connectivity index (χ1) is 10.3. The van der Waals surface area contributed by atoms with Crippen LogP contribution in [0.25, 0.3) is 0 Å². The minimum atomic E-state index is 0.0740. The fourth-order valence-electron chi connectivity index (χ4n) is 3.16. The summed E-state index contributed by atoms with van der Waals surface area (Å²) < 4.78 is 5.94. The number of nitrogens with one attached hydrogen (secondary N) is 1. The molecule has 1 aliphatic heterocycles. The molecule has 1 aromatic rings. The predicted molar refractivity (Wildman–Crippen MR) is 80.2 cm³/mol. The molecule has 2 aliphatic rings. The number of aromatic nitrogens is 1. The van der Waals surface area contributed by atoms with Crippen molar-refractivity contribution >= 4 is 6.03 Å². The number of amides is 2. The number of piperidine rings is 1. The summed E-state index contributed by atoms with van der Waals surface area (Å²) >= 11 is 0. The van der Waals surface area contributed by atoms with Crippen LogP contribution in [0.4, 0.5) is 4.79 Å². The van der Waals surface area contributed by atoms with Crippen molar-refractivity contribution in [2.24, 2.45) is 0 Å². The van der Waals surface area contributed by atoms with Crippen molar-refractivity contribution in [3.63, 3.8) is 0 Å². The molecule has 2 heterocycles. The Labute approximate surface area is 125 Å². The van der Waals surface area contributed by atoms with Crippen LogP contribution in [0.3, 0.4) is 0 Å². The highest BCUT2D eigenvalue weighted by molar-refractivity contribution is 5.74. The molecular formula is C16H23N3O2. The Morgan fingerprint density at radius 2 is 1.95 bits per heavy atom. The van der Waals surface area contributed by atoms with Crippen LogP contribution in [0.15, 0.2) is 24.5 Å². The summed E-state index contributed by atoms with van der Waals surface area (Å²) in [5, 5.41) is 3.15. The van der Waals surface area contributed by atoms with E-state index in [0.717, 1.165) is 38.0 Å². The van der Waals surface area contributed by atoms with Crippen molar-refractivity contribution in [3.05, 3.63) is 24.5 Å². The minimum absolute atomic E-state index is 0.0740. The van der Waals surface area contributed by atoms with E-state index in [2.05, 4.69) is 10.3 Å². The average molecular weight is 289 g/mol. The Bertz CT molecular complexity index is 460. The SMILES string of the molecule is O=C(NC1CCCC1)N1CCC[C@H](Oc2ccncc2)C1. The zero-order valence-electron chi connectivity index (χ0n) is 12.3. The third-order valence-electron chi connectivity index (χ3n) is 4.30. The Morgan fingerprint density at radius 3 is 2.71 bits per heavy atom. The van der Waals surface area contributed by atoms with Crippen LogP contribution in [0.2, 0.25) is 0 Å². The quantitative estimate of drug-likeness (QED) is 0.930. The van der Waals surface area contributed by atoms with Crippen LogP contribution in [0, 0.1) is 0 Å². The van der Waals surface area contributed by atoms with Gasteiger partial charge in [-0.1, -0.05) is 12.8 Å². The zero-order chi connectivity index (χ0) is 14.5. The molecule has 0 unspecified atom stereocenters. The van der Waals surface area contributed by atoms with Crippen LogP contribution >= 0.6 is 0 Å². The molecule has 1 atom stereocenters. The highest BCUT2D eigenvalue weighted by atomic mass is 16.5. The Hall–Kier alpha value is -1.78. The van der Waals surface area contributed by atoms with Crippen LogP contribution in [0.5, 0.6) is 5.75 Å². The molecule has 114 valence electrons. The molecule has 1 saturated heterocycles. The van der Waals surface area contributed by atoms with Gasteiger partial charge in [0.05, 0.1) is 6.54 Å². The Kier molecular flexibility index (Phi) is 4.58. The summed E-state index contributed by atoms with van der Waals surface area (Å²) in [7, 11) is 0. The summed E-state index contributed by atoms with van der Waals surface area (Å²) in [6.45, 7) is 1.50. The van der Waals surface area contributed by atoms with Gasteiger partial charge in [-0.25, -0.2) is 4.79 Å². The first-order valence-electron chi connectivity index (χ1n) is 7.93. The number of carbonyl (C=O) groups excluding carboxylic acids is 1. The molecule has 0 spiro atoms. The van der Waals surface area contributed by atoms with E-state index >= 15 is 0 Å². The number of nitrogens with zero attached hydrogens (tertiary/aromatic N) is 2. The van der Waals surface area contributed by atoms with E-state index in [9.17, 15) is 4.79 Å². The molecular weight excluding hydrogens is 266 g/mol. The molecule has 0 aromatic carbocycles. The molecule has 1 N–H and O–H groups in total. The molecule has 2 amide bonds. The van der Waals surface area contributed by atoms with Gasteiger partial charge in [0.25, 0.3) is 0 Å². The second-order valence-electron chi connectivity index (χ2n) is 5.94. The first kappa shape index (κ1) is 14.2. The van der Waals surface area contributed by atoms with Crippen molar-refractivity contribution in [1.29, 1.82) is 0 Å². The number of ether oxygens (including phenoxy) is 1. The number of hydrogen-bond donors (Lipinski definition) is 1. The normalized spacial score (nSPS) is 23.0. The van der Waals surface area contributed by atoms with Gasteiger partial charge in [-0.3, -0.25) is 4.98 Å². The molecule has 2 fully saturated rings. The lowest BCUT2D eigenvalue weighted by atomic mass is 10.1. The predicted octanol–water partition coefficient (Wildman–Crippen LogP) is 2.58. The molecule has 1 aromatic heterocycles.